The number of rotatable bonds is 5. The molecule has 1 amide bonds. The second-order valence-corrected chi connectivity index (χ2v) is 5.80. The molecule has 0 aliphatic rings. The molecule has 1 atom stereocenters. The molecular weight excluding hydrogens is 314 g/mol. The molecular formula is C21H19NO3. The van der Waals surface area contributed by atoms with Gasteiger partial charge in [-0.05, 0) is 29.3 Å². The molecule has 3 rings (SSSR count). The summed E-state index contributed by atoms with van der Waals surface area (Å²) in [5.41, 5.74) is 1.46. The van der Waals surface area contributed by atoms with Gasteiger partial charge < -0.3 is 10.1 Å². The number of carbonyl (C=O) groups is 2. The molecule has 0 saturated carbocycles. The number of fused-ring (bicyclic) bond motifs is 1. The Labute approximate surface area is 146 Å². The van der Waals surface area contributed by atoms with Gasteiger partial charge in [0.25, 0.3) is 5.91 Å². The molecule has 25 heavy (non-hydrogen) atoms. The Hall–Kier alpha value is -3.14. The number of nitrogens with one attached hydrogen (secondary N) is 1. The molecule has 0 aliphatic carbocycles. The maximum atomic E-state index is 12.3. The summed E-state index contributed by atoms with van der Waals surface area (Å²) in [5.74, 6) is -0.829. The minimum atomic E-state index is -0.501. The number of carbonyl (C=O) groups excluding carboxylic acids is 2. The van der Waals surface area contributed by atoms with E-state index >= 15 is 0 Å². The van der Waals surface area contributed by atoms with Crippen LogP contribution in [-0.4, -0.2) is 18.5 Å². The van der Waals surface area contributed by atoms with E-state index < -0.39 is 5.97 Å². The molecule has 0 fully saturated rings. The van der Waals surface area contributed by atoms with Crippen molar-refractivity contribution in [2.24, 2.45) is 0 Å². The maximum absolute atomic E-state index is 12.3. The summed E-state index contributed by atoms with van der Waals surface area (Å²) >= 11 is 0. The van der Waals surface area contributed by atoms with E-state index in [0.29, 0.717) is 5.56 Å². The first-order chi connectivity index (χ1) is 12.1. The van der Waals surface area contributed by atoms with Crippen molar-refractivity contribution >= 4 is 22.6 Å². The maximum Gasteiger partial charge on any atom is 0.339 e. The third-order valence-electron chi connectivity index (χ3n) is 4.02. The Morgan fingerprint density at radius 1 is 0.920 bits per heavy atom. The van der Waals surface area contributed by atoms with Crippen molar-refractivity contribution < 1.29 is 14.3 Å². The average Bonchev–Trinajstić information content (AvgIpc) is 2.66. The average molecular weight is 333 g/mol. The highest BCUT2D eigenvalue weighted by atomic mass is 16.5. The minimum Gasteiger partial charge on any atom is -0.452 e. The van der Waals surface area contributed by atoms with Gasteiger partial charge in [-0.1, -0.05) is 66.7 Å². The molecule has 0 aliphatic heterocycles. The molecule has 3 aromatic carbocycles. The van der Waals surface area contributed by atoms with Crippen LogP contribution < -0.4 is 5.32 Å². The zero-order valence-electron chi connectivity index (χ0n) is 13.9. The summed E-state index contributed by atoms with van der Waals surface area (Å²) in [7, 11) is 0. The molecule has 4 nitrogen and oxygen atoms in total. The summed E-state index contributed by atoms with van der Waals surface area (Å²) in [6.07, 6.45) is 0. The highest BCUT2D eigenvalue weighted by Crippen LogP contribution is 2.19. The second-order valence-electron chi connectivity index (χ2n) is 5.80. The fraction of sp³-hybridized carbons (Fsp3) is 0.143. The summed E-state index contributed by atoms with van der Waals surface area (Å²) < 4.78 is 5.18. The zero-order chi connectivity index (χ0) is 17.6. The van der Waals surface area contributed by atoms with Crippen LogP contribution in [0.1, 0.15) is 28.9 Å². The number of hydrogen-bond acceptors (Lipinski definition) is 3. The van der Waals surface area contributed by atoms with E-state index in [1.165, 1.54) is 0 Å². The molecule has 0 unspecified atom stereocenters. The fourth-order valence-electron chi connectivity index (χ4n) is 2.72. The normalized spacial score (nSPS) is 11.7. The van der Waals surface area contributed by atoms with Gasteiger partial charge in [-0.2, -0.15) is 0 Å². The van der Waals surface area contributed by atoms with Crippen molar-refractivity contribution in [3.05, 3.63) is 83.9 Å². The van der Waals surface area contributed by atoms with Crippen molar-refractivity contribution in [1.82, 2.24) is 5.32 Å². The molecule has 0 radical (unpaired) electrons. The second kappa shape index (κ2) is 7.62. The van der Waals surface area contributed by atoms with Crippen LogP contribution in [0.15, 0.2) is 72.8 Å². The van der Waals surface area contributed by atoms with E-state index in [0.717, 1.165) is 16.3 Å². The van der Waals surface area contributed by atoms with Crippen LogP contribution in [0.3, 0.4) is 0 Å². The van der Waals surface area contributed by atoms with Gasteiger partial charge in [-0.15, -0.1) is 0 Å². The van der Waals surface area contributed by atoms with Crippen LogP contribution in [0.4, 0.5) is 0 Å². The number of hydrogen-bond donors (Lipinski definition) is 1. The number of ether oxygens (including phenoxy) is 1. The van der Waals surface area contributed by atoms with Crippen molar-refractivity contribution in [3.63, 3.8) is 0 Å². The quantitative estimate of drug-likeness (QED) is 0.721. The van der Waals surface area contributed by atoms with Gasteiger partial charge in [-0.25, -0.2) is 4.79 Å². The van der Waals surface area contributed by atoms with E-state index in [-0.39, 0.29) is 18.6 Å². The van der Waals surface area contributed by atoms with Gasteiger partial charge in [0, 0.05) is 0 Å². The number of amides is 1. The Balaban J connectivity index is 1.61. The van der Waals surface area contributed by atoms with E-state index in [2.05, 4.69) is 5.32 Å². The van der Waals surface area contributed by atoms with Crippen LogP contribution in [-0.2, 0) is 9.53 Å². The van der Waals surface area contributed by atoms with Crippen molar-refractivity contribution in [2.75, 3.05) is 6.61 Å². The van der Waals surface area contributed by atoms with Gasteiger partial charge in [-0.3, -0.25) is 4.79 Å². The van der Waals surface area contributed by atoms with Crippen molar-refractivity contribution in [1.29, 1.82) is 0 Å². The van der Waals surface area contributed by atoms with Gasteiger partial charge in [0.1, 0.15) is 0 Å². The highest BCUT2D eigenvalue weighted by Gasteiger charge is 2.14. The van der Waals surface area contributed by atoms with Crippen LogP contribution in [0.2, 0.25) is 0 Å². The summed E-state index contributed by atoms with van der Waals surface area (Å²) in [4.78, 5) is 24.4. The largest absolute Gasteiger partial charge is 0.452 e. The highest BCUT2D eigenvalue weighted by molar-refractivity contribution is 6.04. The first-order valence-corrected chi connectivity index (χ1v) is 8.14. The topological polar surface area (TPSA) is 55.4 Å². The Kier molecular flexibility index (Phi) is 5.09. The lowest BCUT2D eigenvalue weighted by Crippen LogP contribution is -2.31. The van der Waals surface area contributed by atoms with Crippen LogP contribution in [0, 0.1) is 0 Å². The summed E-state index contributed by atoms with van der Waals surface area (Å²) in [6, 6.07) is 22.5. The molecule has 0 aromatic heterocycles. The van der Waals surface area contributed by atoms with Gasteiger partial charge >= 0.3 is 5.97 Å². The third kappa shape index (κ3) is 4.04. The molecule has 126 valence electrons. The zero-order valence-corrected chi connectivity index (χ0v) is 13.9. The van der Waals surface area contributed by atoms with Gasteiger partial charge in [0.15, 0.2) is 6.61 Å². The van der Waals surface area contributed by atoms with E-state index in [1.54, 1.807) is 12.1 Å². The Morgan fingerprint density at radius 2 is 1.60 bits per heavy atom. The standard InChI is InChI=1S/C21H19NO3/c1-15(16-8-3-2-4-9-16)22-20(23)14-25-21(24)19-13-7-11-17-10-5-6-12-18(17)19/h2-13,15H,14H2,1H3,(H,22,23)/t15-/m1/s1. The molecule has 0 spiro atoms. The monoisotopic (exact) mass is 333 g/mol. The van der Waals surface area contributed by atoms with Crippen LogP contribution in [0.25, 0.3) is 10.8 Å². The molecule has 0 bridgehead atoms. The lowest BCUT2D eigenvalue weighted by molar-refractivity contribution is -0.124. The van der Waals surface area contributed by atoms with Crippen molar-refractivity contribution in [2.45, 2.75) is 13.0 Å². The van der Waals surface area contributed by atoms with E-state index in [9.17, 15) is 9.59 Å². The molecule has 0 saturated heterocycles. The van der Waals surface area contributed by atoms with E-state index in [4.69, 9.17) is 4.74 Å². The first-order valence-electron chi connectivity index (χ1n) is 8.14. The predicted molar refractivity (Wildman–Crippen MR) is 97.2 cm³/mol. The smallest absolute Gasteiger partial charge is 0.339 e. The predicted octanol–water partition coefficient (Wildman–Crippen LogP) is 3.87. The summed E-state index contributed by atoms with van der Waals surface area (Å²) in [6.45, 7) is 1.58. The number of esters is 1. The Morgan fingerprint density at radius 3 is 2.40 bits per heavy atom. The third-order valence-corrected chi connectivity index (χ3v) is 4.02. The van der Waals surface area contributed by atoms with Gasteiger partial charge in [0.2, 0.25) is 0 Å². The fourth-order valence-corrected chi connectivity index (χ4v) is 2.72. The SMILES string of the molecule is C[C@@H](NC(=O)COC(=O)c1cccc2ccccc12)c1ccccc1. The Bertz CT molecular complexity index is 885. The molecule has 0 heterocycles. The lowest BCUT2D eigenvalue weighted by Gasteiger charge is -2.14. The molecule has 1 N–H and O–H groups in total. The lowest BCUT2D eigenvalue weighted by atomic mass is 10.1. The van der Waals surface area contributed by atoms with Crippen molar-refractivity contribution in [3.8, 4) is 0 Å². The first kappa shape index (κ1) is 16.7. The van der Waals surface area contributed by atoms with Crippen LogP contribution in [0.5, 0.6) is 0 Å². The minimum absolute atomic E-state index is 0.148. The molecule has 3 aromatic rings. The van der Waals surface area contributed by atoms with Gasteiger partial charge in [0.05, 0.1) is 11.6 Å². The number of benzene rings is 3. The van der Waals surface area contributed by atoms with E-state index in [1.807, 2.05) is 67.6 Å². The van der Waals surface area contributed by atoms with Crippen LogP contribution >= 0.6 is 0 Å². The molecule has 4 heteroatoms. The summed E-state index contributed by atoms with van der Waals surface area (Å²) in [5, 5.41) is 4.59.